The Morgan fingerprint density at radius 3 is 2.33 bits per heavy atom. The minimum Gasteiger partial charge on any atom is -0.492 e. The lowest BCUT2D eigenvalue weighted by atomic mass is 10.1. The van der Waals surface area contributed by atoms with Crippen LogP contribution in [0.25, 0.3) is 0 Å². The number of hydrogen-bond donors (Lipinski definition) is 1. The van der Waals surface area contributed by atoms with E-state index in [0.717, 1.165) is 30.4 Å². The molecule has 0 aliphatic heterocycles. The van der Waals surface area contributed by atoms with E-state index < -0.39 is 18.2 Å². The van der Waals surface area contributed by atoms with E-state index in [1.165, 1.54) is 11.1 Å². The van der Waals surface area contributed by atoms with Gasteiger partial charge in [0, 0.05) is 36.2 Å². The van der Waals surface area contributed by atoms with E-state index in [0.29, 0.717) is 60.9 Å². The zero-order valence-electron chi connectivity index (χ0n) is 24.2. The second-order valence-corrected chi connectivity index (χ2v) is 11.2. The largest absolute Gasteiger partial charge is 0.492 e. The minimum absolute atomic E-state index is 0.247. The fourth-order valence-corrected chi connectivity index (χ4v) is 5.51. The standard InChI is InChI=1S/C33H37Cl2NO7/c1-2-41-31(32(37)38)19-23-7-10-29(11-8-23)42-16-14-36(13-4-15-40-22-24-17-27(34)21-28(35)18-24)33(39)43-30-12-9-25-5-3-6-26(25)20-30/h7-12,17-18,20-21,31H,2-6,13-16,19,22H2,1H3,(H,37,38). The Morgan fingerprint density at radius 1 is 0.884 bits per heavy atom. The van der Waals surface area contributed by atoms with Gasteiger partial charge >= 0.3 is 12.1 Å². The van der Waals surface area contributed by atoms with Gasteiger partial charge in [-0.2, -0.15) is 0 Å². The van der Waals surface area contributed by atoms with Crippen LogP contribution in [0, 0.1) is 0 Å². The molecular formula is C33H37Cl2NO7. The summed E-state index contributed by atoms with van der Waals surface area (Å²) in [5.41, 5.74) is 4.24. The van der Waals surface area contributed by atoms with E-state index in [9.17, 15) is 14.7 Å². The quantitative estimate of drug-likeness (QED) is 0.170. The van der Waals surface area contributed by atoms with Crippen molar-refractivity contribution >= 4 is 35.3 Å². The maximum absolute atomic E-state index is 13.2. The lowest BCUT2D eigenvalue weighted by Gasteiger charge is -2.22. The SMILES string of the molecule is CCOC(Cc1ccc(OCCN(CCCOCc2cc(Cl)cc(Cl)c2)C(=O)Oc2ccc3c(c2)CCC3)cc1)C(=O)O. The number of aryl methyl sites for hydroxylation is 2. The number of nitrogens with zero attached hydrogens (tertiary/aromatic N) is 1. The molecule has 0 saturated carbocycles. The Labute approximate surface area is 262 Å². The summed E-state index contributed by atoms with van der Waals surface area (Å²) in [5, 5.41) is 10.4. The van der Waals surface area contributed by atoms with Gasteiger partial charge in [-0.05, 0) is 97.3 Å². The molecule has 1 unspecified atom stereocenters. The molecule has 8 nitrogen and oxygen atoms in total. The van der Waals surface area contributed by atoms with Gasteiger partial charge in [0.15, 0.2) is 6.10 Å². The van der Waals surface area contributed by atoms with Gasteiger partial charge in [-0.3, -0.25) is 0 Å². The van der Waals surface area contributed by atoms with Crippen molar-refractivity contribution in [1.29, 1.82) is 0 Å². The summed E-state index contributed by atoms with van der Waals surface area (Å²) in [6.45, 7) is 3.84. The van der Waals surface area contributed by atoms with E-state index in [1.807, 2.05) is 30.3 Å². The van der Waals surface area contributed by atoms with Crippen molar-refractivity contribution in [1.82, 2.24) is 4.90 Å². The van der Waals surface area contributed by atoms with Gasteiger partial charge < -0.3 is 29.0 Å². The number of fused-ring (bicyclic) bond motifs is 1. The number of rotatable bonds is 16. The second kappa shape index (κ2) is 16.5. The van der Waals surface area contributed by atoms with Crippen LogP contribution in [-0.2, 0) is 40.1 Å². The van der Waals surface area contributed by atoms with Crippen molar-refractivity contribution in [2.75, 3.05) is 32.9 Å². The molecule has 3 aromatic carbocycles. The molecule has 0 aromatic heterocycles. The maximum atomic E-state index is 13.2. The molecule has 10 heteroatoms. The van der Waals surface area contributed by atoms with Crippen LogP contribution in [0.1, 0.15) is 42.0 Å². The Balaban J connectivity index is 1.30. The number of hydrogen-bond acceptors (Lipinski definition) is 6. The van der Waals surface area contributed by atoms with Crippen molar-refractivity contribution in [3.63, 3.8) is 0 Å². The molecule has 0 fully saturated rings. The summed E-state index contributed by atoms with van der Waals surface area (Å²) in [4.78, 5) is 26.2. The Kier molecular flexibility index (Phi) is 12.5. The maximum Gasteiger partial charge on any atom is 0.415 e. The number of halogens is 2. The van der Waals surface area contributed by atoms with E-state index in [-0.39, 0.29) is 13.0 Å². The first-order valence-corrected chi connectivity index (χ1v) is 15.2. The lowest BCUT2D eigenvalue weighted by Crippen LogP contribution is -2.38. The average molecular weight is 631 g/mol. The predicted octanol–water partition coefficient (Wildman–Crippen LogP) is 7.00. The highest BCUT2D eigenvalue weighted by Crippen LogP contribution is 2.26. The van der Waals surface area contributed by atoms with E-state index in [1.54, 1.807) is 42.2 Å². The molecular weight excluding hydrogens is 593 g/mol. The van der Waals surface area contributed by atoms with Gasteiger partial charge in [-0.15, -0.1) is 0 Å². The van der Waals surface area contributed by atoms with Gasteiger partial charge in [-0.1, -0.05) is 41.4 Å². The first-order chi connectivity index (χ1) is 20.8. The van der Waals surface area contributed by atoms with Crippen LogP contribution in [0.5, 0.6) is 11.5 Å². The van der Waals surface area contributed by atoms with Gasteiger partial charge in [0.1, 0.15) is 18.1 Å². The van der Waals surface area contributed by atoms with E-state index in [2.05, 4.69) is 0 Å². The third-order valence-electron chi connectivity index (χ3n) is 7.06. The predicted molar refractivity (Wildman–Crippen MR) is 165 cm³/mol. The molecule has 1 aliphatic rings. The third-order valence-corrected chi connectivity index (χ3v) is 7.50. The summed E-state index contributed by atoms with van der Waals surface area (Å²) in [7, 11) is 0. The van der Waals surface area contributed by atoms with Crippen LogP contribution >= 0.6 is 23.2 Å². The Bertz CT molecular complexity index is 1350. The molecule has 0 spiro atoms. The van der Waals surface area contributed by atoms with Crippen molar-refractivity contribution in [2.45, 2.75) is 51.7 Å². The molecule has 230 valence electrons. The van der Waals surface area contributed by atoms with Crippen LogP contribution in [-0.4, -0.2) is 61.1 Å². The second-order valence-electron chi connectivity index (χ2n) is 10.3. The van der Waals surface area contributed by atoms with Crippen LogP contribution in [0.4, 0.5) is 4.79 Å². The molecule has 1 amide bonds. The van der Waals surface area contributed by atoms with Crippen LogP contribution < -0.4 is 9.47 Å². The highest BCUT2D eigenvalue weighted by Gasteiger charge is 2.19. The molecule has 43 heavy (non-hydrogen) atoms. The summed E-state index contributed by atoms with van der Waals surface area (Å²) < 4.78 is 22.8. The number of ether oxygens (including phenoxy) is 4. The highest BCUT2D eigenvalue weighted by atomic mass is 35.5. The lowest BCUT2D eigenvalue weighted by molar-refractivity contribution is -0.149. The summed E-state index contributed by atoms with van der Waals surface area (Å²) in [6.07, 6.45) is 2.68. The number of carboxylic acid groups (broad SMARTS) is 1. The van der Waals surface area contributed by atoms with E-state index in [4.69, 9.17) is 42.1 Å². The fourth-order valence-electron chi connectivity index (χ4n) is 4.94. The smallest absolute Gasteiger partial charge is 0.415 e. The molecule has 3 aromatic rings. The number of carbonyl (C=O) groups excluding carboxylic acids is 1. The van der Waals surface area contributed by atoms with Crippen molar-refractivity contribution in [2.24, 2.45) is 0 Å². The Hall–Kier alpha value is -3.30. The van der Waals surface area contributed by atoms with Gasteiger partial charge in [-0.25, -0.2) is 9.59 Å². The van der Waals surface area contributed by atoms with Gasteiger partial charge in [0.05, 0.1) is 13.2 Å². The molecule has 4 rings (SSSR count). The molecule has 0 radical (unpaired) electrons. The van der Waals surface area contributed by atoms with Crippen molar-refractivity contribution < 1.29 is 33.6 Å². The number of carbonyl (C=O) groups is 2. The topological polar surface area (TPSA) is 94.5 Å². The van der Waals surface area contributed by atoms with E-state index >= 15 is 0 Å². The summed E-state index contributed by atoms with van der Waals surface area (Å²) in [6, 6.07) is 18.3. The zero-order chi connectivity index (χ0) is 30.6. The number of benzene rings is 3. The van der Waals surface area contributed by atoms with Crippen LogP contribution in [0.15, 0.2) is 60.7 Å². The molecule has 0 bridgehead atoms. The molecule has 1 aliphatic carbocycles. The third kappa shape index (κ3) is 10.4. The number of amides is 1. The number of aliphatic carboxylic acids is 1. The van der Waals surface area contributed by atoms with Gasteiger partial charge in [0.25, 0.3) is 0 Å². The Morgan fingerprint density at radius 2 is 1.60 bits per heavy atom. The fraction of sp³-hybridized carbons (Fsp3) is 0.394. The van der Waals surface area contributed by atoms with Crippen molar-refractivity contribution in [3.05, 3.63) is 93.0 Å². The molecule has 1 N–H and O–H groups in total. The molecule has 0 heterocycles. The summed E-state index contributed by atoms with van der Waals surface area (Å²) >= 11 is 12.1. The first-order valence-electron chi connectivity index (χ1n) is 14.5. The van der Waals surface area contributed by atoms with Gasteiger partial charge in [0.2, 0.25) is 0 Å². The number of carboxylic acids is 1. The molecule has 1 atom stereocenters. The summed E-state index contributed by atoms with van der Waals surface area (Å²) in [5.74, 6) is 0.156. The zero-order valence-corrected chi connectivity index (χ0v) is 25.7. The monoisotopic (exact) mass is 629 g/mol. The first kappa shape index (κ1) is 32.6. The molecule has 0 saturated heterocycles. The van der Waals surface area contributed by atoms with Crippen LogP contribution in [0.3, 0.4) is 0 Å². The average Bonchev–Trinajstić information content (AvgIpc) is 3.44. The minimum atomic E-state index is -0.992. The highest BCUT2D eigenvalue weighted by molar-refractivity contribution is 6.34. The normalized spacial score (nSPS) is 12.9. The van der Waals surface area contributed by atoms with Crippen molar-refractivity contribution in [3.8, 4) is 11.5 Å². The van der Waals surface area contributed by atoms with Crippen LogP contribution in [0.2, 0.25) is 10.0 Å².